The van der Waals surface area contributed by atoms with Gasteiger partial charge in [-0.25, -0.2) is 0 Å². The Kier molecular flexibility index (Phi) is 3.87. The molecule has 1 aromatic carbocycles. The van der Waals surface area contributed by atoms with E-state index in [9.17, 15) is 4.79 Å². The van der Waals surface area contributed by atoms with Crippen LogP contribution < -0.4 is 5.73 Å². The molecule has 0 radical (unpaired) electrons. The van der Waals surface area contributed by atoms with Crippen LogP contribution >= 0.6 is 0 Å². The van der Waals surface area contributed by atoms with Gasteiger partial charge < -0.3 is 15.4 Å². The SMILES string of the molecule is Cc1cccc(N)c1C(=O)N(C)CC1CCCO1. The van der Waals surface area contributed by atoms with Crippen LogP contribution in [0.15, 0.2) is 18.2 Å². The molecule has 4 heteroatoms. The summed E-state index contributed by atoms with van der Waals surface area (Å²) in [4.78, 5) is 14.1. The van der Waals surface area contributed by atoms with Gasteiger partial charge in [0, 0.05) is 25.9 Å². The third-order valence-corrected chi connectivity index (χ3v) is 3.37. The van der Waals surface area contributed by atoms with Gasteiger partial charge in [-0.15, -0.1) is 0 Å². The van der Waals surface area contributed by atoms with Crippen molar-refractivity contribution in [2.75, 3.05) is 25.9 Å². The van der Waals surface area contributed by atoms with E-state index in [2.05, 4.69) is 0 Å². The number of ether oxygens (including phenoxy) is 1. The second-order valence-corrected chi connectivity index (χ2v) is 4.86. The summed E-state index contributed by atoms with van der Waals surface area (Å²) in [5.74, 6) is -0.0268. The minimum Gasteiger partial charge on any atom is -0.398 e. The fourth-order valence-electron chi connectivity index (χ4n) is 2.35. The fourth-order valence-corrected chi connectivity index (χ4v) is 2.35. The van der Waals surface area contributed by atoms with Gasteiger partial charge in [0.2, 0.25) is 0 Å². The van der Waals surface area contributed by atoms with Crippen molar-refractivity contribution in [3.05, 3.63) is 29.3 Å². The minimum absolute atomic E-state index is 0.0268. The summed E-state index contributed by atoms with van der Waals surface area (Å²) in [5.41, 5.74) is 7.96. The zero-order valence-electron chi connectivity index (χ0n) is 11.0. The number of aryl methyl sites for hydroxylation is 1. The maximum Gasteiger partial charge on any atom is 0.256 e. The van der Waals surface area contributed by atoms with E-state index in [0.29, 0.717) is 17.8 Å². The number of anilines is 1. The molecule has 1 amide bonds. The first-order valence-electron chi connectivity index (χ1n) is 6.31. The fraction of sp³-hybridized carbons (Fsp3) is 0.500. The van der Waals surface area contributed by atoms with Crippen molar-refractivity contribution in [2.45, 2.75) is 25.9 Å². The number of nitrogen functional groups attached to an aromatic ring is 1. The van der Waals surface area contributed by atoms with Crippen LogP contribution in [-0.2, 0) is 4.74 Å². The average molecular weight is 248 g/mol. The highest BCUT2D eigenvalue weighted by atomic mass is 16.5. The number of amides is 1. The molecule has 4 nitrogen and oxygen atoms in total. The van der Waals surface area contributed by atoms with E-state index in [4.69, 9.17) is 10.5 Å². The molecular formula is C14H20N2O2. The number of likely N-dealkylation sites (N-methyl/N-ethyl adjacent to an activating group) is 1. The summed E-state index contributed by atoms with van der Waals surface area (Å²) in [6.45, 7) is 3.34. The molecule has 1 saturated heterocycles. The Morgan fingerprint density at radius 3 is 2.94 bits per heavy atom. The summed E-state index contributed by atoms with van der Waals surface area (Å²) >= 11 is 0. The molecule has 1 fully saturated rings. The van der Waals surface area contributed by atoms with Gasteiger partial charge in [0.1, 0.15) is 0 Å². The van der Waals surface area contributed by atoms with Crippen LogP contribution in [0.2, 0.25) is 0 Å². The van der Waals surface area contributed by atoms with Gasteiger partial charge in [-0.1, -0.05) is 12.1 Å². The highest BCUT2D eigenvalue weighted by molar-refractivity contribution is 6.00. The van der Waals surface area contributed by atoms with Crippen molar-refractivity contribution < 1.29 is 9.53 Å². The standard InChI is InChI=1S/C14H20N2O2/c1-10-5-3-7-12(15)13(10)14(17)16(2)9-11-6-4-8-18-11/h3,5,7,11H,4,6,8-9,15H2,1-2H3. The Hall–Kier alpha value is -1.55. The zero-order chi connectivity index (χ0) is 13.1. The first-order valence-corrected chi connectivity index (χ1v) is 6.31. The number of carbonyl (C=O) groups is 1. The van der Waals surface area contributed by atoms with E-state index < -0.39 is 0 Å². The minimum atomic E-state index is -0.0268. The average Bonchev–Trinajstić information content (AvgIpc) is 2.81. The van der Waals surface area contributed by atoms with Gasteiger partial charge in [0.25, 0.3) is 5.91 Å². The van der Waals surface area contributed by atoms with Crippen LogP contribution in [0.25, 0.3) is 0 Å². The van der Waals surface area contributed by atoms with E-state index in [1.807, 2.05) is 19.1 Å². The molecule has 1 heterocycles. The van der Waals surface area contributed by atoms with Gasteiger partial charge in [-0.05, 0) is 31.4 Å². The van der Waals surface area contributed by atoms with Crippen molar-refractivity contribution in [1.82, 2.24) is 4.90 Å². The van der Waals surface area contributed by atoms with Crippen LogP contribution in [-0.4, -0.2) is 37.1 Å². The summed E-state index contributed by atoms with van der Waals surface area (Å²) in [7, 11) is 1.80. The molecule has 2 rings (SSSR count). The van der Waals surface area contributed by atoms with Crippen molar-refractivity contribution in [1.29, 1.82) is 0 Å². The number of rotatable bonds is 3. The predicted octanol–water partition coefficient (Wildman–Crippen LogP) is 1.83. The summed E-state index contributed by atoms with van der Waals surface area (Å²) in [6, 6.07) is 5.53. The molecule has 98 valence electrons. The van der Waals surface area contributed by atoms with Crippen LogP contribution in [0.5, 0.6) is 0 Å². The molecular weight excluding hydrogens is 228 g/mol. The molecule has 0 saturated carbocycles. The molecule has 1 atom stereocenters. The van der Waals surface area contributed by atoms with E-state index in [1.165, 1.54) is 0 Å². The number of carbonyl (C=O) groups excluding carboxylic acids is 1. The van der Waals surface area contributed by atoms with Gasteiger partial charge in [0.05, 0.1) is 11.7 Å². The molecule has 1 aromatic rings. The van der Waals surface area contributed by atoms with Gasteiger partial charge >= 0.3 is 0 Å². The quantitative estimate of drug-likeness (QED) is 0.830. The maximum atomic E-state index is 12.4. The number of hydrogen-bond acceptors (Lipinski definition) is 3. The summed E-state index contributed by atoms with van der Waals surface area (Å²) in [6.07, 6.45) is 2.28. The van der Waals surface area contributed by atoms with Crippen LogP contribution in [0, 0.1) is 6.92 Å². The van der Waals surface area contributed by atoms with Crippen LogP contribution in [0.1, 0.15) is 28.8 Å². The first kappa shape index (κ1) is 12.9. The molecule has 0 bridgehead atoms. The lowest BCUT2D eigenvalue weighted by molar-refractivity contribution is 0.0587. The van der Waals surface area contributed by atoms with E-state index in [1.54, 1.807) is 18.0 Å². The molecule has 0 aromatic heterocycles. The lowest BCUT2D eigenvalue weighted by Crippen LogP contribution is -2.34. The molecule has 0 aliphatic carbocycles. The Labute approximate surface area is 108 Å². The normalized spacial score (nSPS) is 18.9. The monoisotopic (exact) mass is 248 g/mol. The second kappa shape index (κ2) is 5.40. The highest BCUT2D eigenvalue weighted by Crippen LogP contribution is 2.19. The Bertz CT molecular complexity index is 419. The smallest absolute Gasteiger partial charge is 0.256 e. The van der Waals surface area contributed by atoms with Crippen molar-refractivity contribution in [3.8, 4) is 0 Å². The summed E-state index contributed by atoms with van der Waals surface area (Å²) < 4.78 is 5.54. The number of nitrogens with zero attached hydrogens (tertiary/aromatic N) is 1. The third kappa shape index (κ3) is 2.64. The number of hydrogen-bond donors (Lipinski definition) is 1. The van der Waals surface area contributed by atoms with Crippen LogP contribution in [0.4, 0.5) is 5.69 Å². The molecule has 1 aliphatic heterocycles. The van der Waals surface area contributed by atoms with E-state index in [0.717, 1.165) is 25.0 Å². The molecule has 1 aliphatic rings. The van der Waals surface area contributed by atoms with Gasteiger partial charge in [0.15, 0.2) is 0 Å². The number of nitrogens with two attached hydrogens (primary N) is 1. The summed E-state index contributed by atoms with van der Waals surface area (Å²) in [5, 5.41) is 0. The van der Waals surface area contributed by atoms with Crippen molar-refractivity contribution in [2.24, 2.45) is 0 Å². The molecule has 18 heavy (non-hydrogen) atoms. The molecule has 1 unspecified atom stereocenters. The van der Waals surface area contributed by atoms with Crippen LogP contribution in [0.3, 0.4) is 0 Å². The first-order chi connectivity index (χ1) is 8.59. The highest BCUT2D eigenvalue weighted by Gasteiger charge is 2.22. The van der Waals surface area contributed by atoms with E-state index in [-0.39, 0.29) is 12.0 Å². The largest absolute Gasteiger partial charge is 0.398 e. The Balaban J connectivity index is 2.10. The van der Waals surface area contributed by atoms with Gasteiger partial charge in [-0.2, -0.15) is 0 Å². The molecule has 0 spiro atoms. The topological polar surface area (TPSA) is 55.6 Å². The Morgan fingerprint density at radius 1 is 1.56 bits per heavy atom. The third-order valence-electron chi connectivity index (χ3n) is 3.37. The van der Waals surface area contributed by atoms with E-state index >= 15 is 0 Å². The second-order valence-electron chi connectivity index (χ2n) is 4.86. The maximum absolute atomic E-state index is 12.4. The predicted molar refractivity (Wildman–Crippen MR) is 71.5 cm³/mol. The lowest BCUT2D eigenvalue weighted by atomic mass is 10.1. The molecule has 2 N–H and O–H groups in total. The zero-order valence-corrected chi connectivity index (χ0v) is 11.0. The van der Waals surface area contributed by atoms with Gasteiger partial charge in [-0.3, -0.25) is 4.79 Å². The van der Waals surface area contributed by atoms with Crippen molar-refractivity contribution >= 4 is 11.6 Å². The number of benzene rings is 1. The van der Waals surface area contributed by atoms with Crippen molar-refractivity contribution in [3.63, 3.8) is 0 Å². The lowest BCUT2D eigenvalue weighted by Gasteiger charge is -2.22. The Morgan fingerprint density at radius 2 is 2.33 bits per heavy atom.